The van der Waals surface area contributed by atoms with Gasteiger partial charge in [0, 0.05) is 25.2 Å². The van der Waals surface area contributed by atoms with E-state index in [0.717, 1.165) is 12.8 Å². The van der Waals surface area contributed by atoms with E-state index < -0.39 is 0 Å². The topological polar surface area (TPSA) is 52.6 Å². The lowest BCUT2D eigenvalue weighted by atomic mass is 9.70. The fourth-order valence-electron chi connectivity index (χ4n) is 3.93. The number of rotatable bonds is 2. The van der Waals surface area contributed by atoms with E-state index in [1.807, 2.05) is 0 Å². The van der Waals surface area contributed by atoms with E-state index in [9.17, 15) is 9.59 Å². The van der Waals surface area contributed by atoms with Crippen molar-refractivity contribution >= 4 is 11.9 Å². The average molecular weight is 254 g/mol. The lowest BCUT2D eigenvalue weighted by Gasteiger charge is -2.38. The van der Waals surface area contributed by atoms with Gasteiger partial charge in [-0.2, -0.15) is 0 Å². The summed E-state index contributed by atoms with van der Waals surface area (Å²) >= 11 is 0. The van der Waals surface area contributed by atoms with Crippen LogP contribution in [-0.2, 0) is 19.1 Å². The van der Waals surface area contributed by atoms with Crippen molar-refractivity contribution in [2.45, 2.75) is 59.7 Å². The Morgan fingerprint density at radius 3 is 2.11 bits per heavy atom. The maximum atomic E-state index is 11.3. The fraction of sp³-hybridized carbons (Fsp3) is 0.857. The zero-order chi connectivity index (χ0) is 13.7. The van der Waals surface area contributed by atoms with Crippen molar-refractivity contribution in [3.8, 4) is 0 Å². The summed E-state index contributed by atoms with van der Waals surface area (Å²) in [4.78, 5) is 22.6. The van der Waals surface area contributed by atoms with E-state index in [0.29, 0.717) is 0 Å². The number of hydrogen-bond donors (Lipinski definition) is 0. The highest BCUT2D eigenvalue weighted by Gasteiger charge is 2.69. The van der Waals surface area contributed by atoms with Crippen LogP contribution in [0.4, 0.5) is 0 Å². The minimum absolute atomic E-state index is 0.0211. The number of carbonyl (C=O) groups is 2. The van der Waals surface area contributed by atoms with Crippen LogP contribution in [0.2, 0.25) is 0 Å². The van der Waals surface area contributed by atoms with E-state index in [1.54, 1.807) is 0 Å². The molecule has 2 aliphatic rings. The van der Waals surface area contributed by atoms with Crippen LogP contribution in [-0.4, -0.2) is 24.1 Å². The first-order valence-corrected chi connectivity index (χ1v) is 6.54. The quantitative estimate of drug-likeness (QED) is 0.710. The average Bonchev–Trinajstić information content (AvgIpc) is 2.50. The Bertz CT molecular complexity index is 387. The molecule has 4 unspecified atom stereocenters. The van der Waals surface area contributed by atoms with Crippen molar-refractivity contribution in [1.82, 2.24) is 0 Å². The number of ether oxygens (including phenoxy) is 2. The Morgan fingerprint density at radius 2 is 1.61 bits per heavy atom. The van der Waals surface area contributed by atoms with Gasteiger partial charge in [0.05, 0.1) is 0 Å². The fourth-order valence-corrected chi connectivity index (χ4v) is 3.93. The summed E-state index contributed by atoms with van der Waals surface area (Å²) in [5.41, 5.74) is -0.0866. The van der Waals surface area contributed by atoms with Gasteiger partial charge >= 0.3 is 11.9 Å². The van der Waals surface area contributed by atoms with Gasteiger partial charge in [0.25, 0.3) is 0 Å². The second-order valence-corrected chi connectivity index (χ2v) is 6.39. The molecule has 0 heterocycles. The lowest BCUT2D eigenvalue weighted by molar-refractivity contribution is -0.175. The van der Waals surface area contributed by atoms with Crippen molar-refractivity contribution in [2.24, 2.45) is 16.7 Å². The molecule has 0 amide bonds. The van der Waals surface area contributed by atoms with Gasteiger partial charge in [-0.15, -0.1) is 0 Å². The summed E-state index contributed by atoms with van der Waals surface area (Å²) < 4.78 is 10.9. The molecule has 4 nitrogen and oxygen atoms in total. The molecule has 0 N–H and O–H groups in total. The zero-order valence-electron chi connectivity index (χ0n) is 11.8. The third kappa shape index (κ3) is 1.65. The number of esters is 2. The molecule has 0 aromatic heterocycles. The minimum atomic E-state index is -0.312. The molecule has 2 aliphatic carbocycles. The highest BCUT2D eigenvalue weighted by atomic mass is 16.6. The Hall–Kier alpha value is -1.06. The van der Waals surface area contributed by atoms with Crippen molar-refractivity contribution in [3.05, 3.63) is 0 Å². The Labute approximate surface area is 108 Å². The first-order valence-electron chi connectivity index (χ1n) is 6.54. The summed E-state index contributed by atoms with van der Waals surface area (Å²) in [6, 6.07) is 0. The zero-order valence-corrected chi connectivity index (χ0v) is 11.8. The molecule has 0 saturated heterocycles. The Kier molecular flexibility index (Phi) is 2.95. The molecule has 2 rings (SSSR count). The molecule has 102 valence electrons. The first kappa shape index (κ1) is 13.4. The first-order chi connectivity index (χ1) is 8.20. The Morgan fingerprint density at radius 1 is 1.06 bits per heavy atom. The Balaban J connectivity index is 2.34. The van der Waals surface area contributed by atoms with Gasteiger partial charge in [0.15, 0.2) is 0 Å². The van der Waals surface area contributed by atoms with Gasteiger partial charge in [-0.1, -0.05) is 20.8 Å². The standard InChI is InChI=1S/C14H22O4/c1-8(15)17-11-10-6-7-14(5,13(10,3)4)12(11)18-9(2)16/h10-12H,6-7H2,1-5H3. The molecule has 2 saturated carbocycles. The highest BCUT2D eigenvalue weighted by Crippen LogP contribution is 2.66. The monoisotopic (exact) mass is 254 g/mol. The number of hydrogen-bond acceptors (Lipinski definition) is 4. The predicted octanol–water partition coefficient (Wildman–Crippen LogP) is 2.31. The number of carbonyl (C=O) groups excluding carboxylic acids is 2. The molecule has 0 radical (unpaired) electrons. The SMILES string of the molecule is CC(=O)OC1C2CCC(C)(C1OC(C)=O)C2(C)C. The van der Waals surface area contributed by atoms with E-state index in [-0.39, 0.29) is 40.9 Å². The molecular formula is C14H22O4. The van der Waals surface area contributed by atoms with Crippen LogP contribution >= 0.6 is 0 Å². The molecular weight excluding hydrogens is 232 g/mol. The van der Waals surface area contributed by atoms with Gasteiger partial charge in [-0.3, -0.25) is 9.59 Å². The minimum Gasteiger partial charge on any atom is -0.458 e. The summed E-state index contributed by atoms with van der Waals surface area (Å²) in [6.07, 6.45) is 1.44. The molecule has 4 heteroatoms. The maximum absolute atomic E-state index is 11.3. The predicted molar refractivity (Wildman–Crippen MR) is 65.7 cm³/mol. The smallest absolute Gasteiger partial charge is 0.303 e. The third-order valence-corrected chi connectivity index (χ3v) is 5.29. The molecule has 2 bridgehead atoms. The van der Waals surface area contributed by atoms with Gasteiger partial charge in [-0.25, -0.2) is 0 Å². The van der Waals surface area contributed by atoms with Crippen LogP contribution < -0.4 is 0 Å². The van der Waals surface area contributed by atoms with Gasteiger partial charge in [-0.05, 0) is 18.3 Å². The summed E-state index contributed by atoms with van der Waals surface area (Å²) in [7, 11) is 0. The molecule has 0 aromatic rings. The van der Waals surface area contributed by atoms with Crippen LogP contribution in [0.15, 0.2) is 0 Å². The van der Waals surface area contributed by atoms with E-state index in [2.05, 4.69) is 20.8 Å². The normalized spacial score (nSPS) is 40.6. The van der Waals surface area contributed by atoms with E-state index >= 15 is 0 Å². The van der Waals surface area contributed by atoms with Crippen LogP contribution in [0.25, 0.3) is 0 Å². The van der Waals surface area contributed by atoms with Crippen LogP contribution in [0.1, 0.15) is 47.5 Å². The van der Waals surface area contributed by atoms with Crippen molar-refractivity contribution in [1.29, 1.82) is 0 Å². The van der Waals surface area contributed by atoms with Crippen LogP contribution in [0.3, 0.4) is 0 Å². The summed E-state index contributed by atoms with van der Waals surface area (Å²) in [5.74, 6) is -0.332. The van der Waals surface area contributed by atoms with E-state index in [1.165, 1.54) is 13.8 Å². The molecule has 0 aromatic carbocycles. The second kappa shape index (κ2) is 3.97. The van der Waals surface area contributed by atoms with Crippen molar-refractivity contribution < 1.29 is 19.1 Å². The van der Waals surface area contributed by atoms with Gasteiger partial charge < -0.3 is 9.47 Å². The largest absolute Gasteiger partial charge is 0.458 e. The van der Waals surface area contributed by atoms with Gasteiger partial charge in [0.2, 0.25) is 0 Å². The van der Waals surface area contributed by atoms with Crippen LogP contribution in [0, 0.1) is 16.7 Å². The molecule has 18 heavy (non-hydrogen) atoms. The van der Waals surface area contributed by atoms with Crippen LogP contribution in [0.5, 0.6) is 0 Å². The summed E-state index contributed by atoms with van der Waals surface area (Å²) in [6.45, 7) is 9.33. The van der Waals surface area contributed by atoms with Crippen molar-refractivity contribution in [3.63, 3.8) is 0 Å². The third-order valence-electron chi connectivity index (χ3n) is 5.29. The lowest BCUT2D eigenvalue weighted by Crippen LogP contribution is -2.44. The van der Waals surface area contributed by atoms with E-state index in [4.69, 9.17) is 9.47 Å². The number of fused-ring (bicyclic) bond motifs is 2. The second-order valence-electron chi connectivity index (χ2n) is 6.39. The molecule has 0 aliphatic heterocycles. The van der Waals surface area contributed by atoms with Gasteiger partial charge in [0.1, 0.15) is 12.2 Å². The molecule has 0 spiro atoms. The highest BCUT2D eigenvalue weighted by molar-refractivity contribution is 5.67. The maximum Gasteiger partial charge on any atom is 0.303 e. The van der Waals surface area contributed by atoms with Crippen molar-refractivity contribution in [2.75, 3.05) is 0 Å². The molecule has 2 fully saturated rings. The summed E-state index contributed by atoms with van der Waals surface area (Å²) in [5, 5.41) is 0. The molecule has 4 atom stereocenters.